The Morgan fingerprint density at radius 3 is 2.41 bits per heavy atom. The highest BCUT2D eigenvalue weighted by Crippen LogP contribution is 2.32. The molecule has 1 aliphatic heterocycles. The summed E-state index contributed by atoms with van der Waals surface area (Å²) < 4.78 is 0. The topological polar surface area (TPSA) is 52.6 Å². The van der Waals surface area contributed by atoms with Crippen molar-refractivity contribution in [1.29, 1.82) is 0 Å². The predicted octanol–water partition coefficient (Wildman–Crippen LogP) is 2.95. The number of benzene rings is 2. The Hall–Kier alpha value is -2.17. The van der Waals surface area contributed by atoms with Gasteiger partial charge in [-0.25, -0.2) is 0 Å². The Morgan fingerprint density at radius 2 is 1.74 bits per heavy atom. The quantitative estimate of drug-likeness (QED) is 0.826. The Morgan fingerprint density at radius 1 is 1.07 bits per heavy atom. The molecular weight excluding hydrogens is 336 g/mol. The number of aliphatic hydroxyl groups is 1. The third kappa shape index (κ3) is 5.18. The molecule has 0 atom stereocenters. The molecule has 1 aliphatic rings. The maximum Gasteiger partial charge on any atom is 0.224 e. The van der Waals surface area contributed by atoms with Gasteiger partial charge in [0.15, 0.2) is 0 Å². The van der Waals surface area contributed by atoms with Crippen LogP contribution in [0, 0.1) is 13.8 Å². The summed E-state index contributed by atoms with van der Waals surface area (Å²) in [5, 5.41) is 14.0. The SMILES string of the molecule is Cc1ccc(C2(O)CCN(CCNC(=O)Cc3ccccc3C)CC2)cc1. The third-order valence-corrected chi connectivity index (χ3v) is 5.63. The number of nitrogens with one attached hydrogen (secondary N) is 1. The van der Waals surface area contributed by atoms with E-state index < -0.39 is 5.60 Å². The van der Waals surface area contributed by atoms with Crippen LogP contribution in [0.3, 0.4) is 0 Å². The van der Waals surface area contributed by atoms with Crippen molar-refractivity contribution in [3.05, 3.63) is 70.8 Å². The summed E-state index contributed by atoms with van der Waals surface area (Å²) in [5.41, 5.74) is 3.73. The van der Waals surface area contributed by atoms with Crippen molar-refractivity contribution < 1.29 is 9.90 Å². The van der Waals surface area contributed by atoms with Gasteiger partial charge >= 0.3 is 0 Å². The largest absolute Gasteiger partial charge is 0.385 e. The summed E-state index contributed by atoms with van der Waals surface area (Å²) in [7, 11) is 0. The van der Waals surface area contributed by atoms with Crippen LogP contribution in [-0.4, -0.2) is 42.1 Å². The van der Waals surface area contributed by atoms with Crippen molar-refractivity contribution >= 4 is 5.91 Å². The lowest BCUT2D eigenvalue weighted by molar-refractivity contribution is -0.120. The average Bonchev–Trinajstić information content (AvgIpc) is 2.66. The molecule has 1 saturated heterocycles. The zero-order chi connectivity index (χ0) is 19.3. The molecule has 2 aromatic carbocycles. The zero-order valence-corrected chi connectivity index (χ0v) is 16.4. The number of nitrogens with zero attached hydrogens (tertiary/aromatic N) is 1. The molecule has 4 heteroatoms. The lowest BCUT2D eigenvalue weighted by atomic mass is 9.84. The van der Waals surface area contributed by atoms with Gasteiger partial charge in [-0.15, -0.1) is 0 Å². The van der Waals surface area contributed by atoms with E-state index in [2.05, 4.69) is 29.3 Å². The van der Waals surface area contributed by atoms with Crippen LogP contribution in [0.5, 0.6) is 0 Å². The van der Waals surface area contributed by atoms with Crippen molar-refractivity contribution in [3.8, 4) is 0 Å². The molecule has 0 aromatic heterocycles. The van der Waals surface area contributed by atoms with Crippen molar-refractivity contribution in [2.75, 3.05) is 26.2 Å². The first kappa shape index (κ1) is 19.6. The minimum absolute atomic E-state index is 0.0671. The van der Waals surface area contributed by atoms with E-state index in [1.165, 1.54) is 5.56 Å². The first-order valence-electron chi connectivity index (χ1n) is 9.79. The molecule has 3 rings (SSSR count). The Labute approximate surface area is 162 Å². The number of piperidine rings is 1. The van der Waals surface area contributed by atoms with Crippen LogP contribution in [0.4, 0.5) is 0 Å². The van der Waals surface area contributed by atoms with Crippen LogP contribution in [0.1, 0.15) is 35.1 Å². The number of amides is 1. The van der Waals surface area contributed by atoms with Crippen LogP contribution in [-0.2, 0) is 16.8 Å². The second kappa shape index (κ2) is 8.68. The van der Waals surface area contributed by atoms with E-state index in [0.29, 0.717) is 13.0 Å². The van der Waals surface area contributed by atoms with Gasteiger partial charge in [0.05, 0.1) is 12.0 Å². The molecule has 0 aliphatic carbocycles. The number of hydrogen-bond acceptors (Lipinski definition) is 3. The summed E-state index contributed by atoms with van der Waals surface area (Å²) in [6.07, 6.45) is 1.89. The van der Waals surface area contributed by atoms with Crippen LogP contribution in [0.2, 0.25) is 0 Å². The molecule has 0 spiro atoms. The Bertz CT molecular complexity index is 762. The molecule has 0 saturated carbocycles. The van der Waals surface area contributed by atoms with Gasteiger partial charge in [0.2, 0.25) is 5.91 Å². The van der Waals surface area contributed by atoms with Gasteiger partial charge in [0.1, 0.15) is 0 Å². The van der Waals surface area contributed by atoms with E-state index in [-0.39, 0.29) is 5.91 Å². The highest BCUT2D eigenvalue weighted by molar-refractivity contribution is 5.78. The Balaban J connectivity index is 1.41. The molecule has 0 bridgehead atoms. The van der Waals surface area contributed by atoms with E-state index in [1.54, 1.807) is 0 Å². The molecule has 2 N–H and O–H groups in total. The second-order valence-corrected chi connectivity index (χ2v) is 7.69. The molecule has 0 unspecified atom stereocenters. The zero-order valence-electron chi connectivity index (χ0n) is 16.4. The first-order chi connectivity index (χ1) is 13.0. The third-order valence-electron chi connectivity index (χ3n) is 5.63. The standard InChI is InChI=1S/C23H30N2O2/c1-18-7-9-21(10-8-18)23(27)11-14-25(15-12-23)16-13-24-22(26)17-20-6-4-3-5-19(20)2/h3-10,27H,11-17H2,1-2H3,(H,24,26). The van der Waals surface area contributed by atoms with Crippen LogP contribution in [0.25, 0.3) is 0 Å². The predicted molar refractivity (Wildman–Crippen MR) is 109 cm³/mol. The maximum absolute atomic E-state index is 12.2. The van der Waals surface area contributed by atoms with Gasteiger partial charge in [-0.2, -0.15) is 0 Å². The van der Waals surface area contributed by atoms with Gasteiger partial charge < -0.3 is 15.3 Å². The van der Waals surface area contributed by atoms with E-state index in [0.717, 1.165) is 49.2 Å². The van der Waals surface area contributed by atoms with Crippen LogP contribution >= 0.6 is 0 Å². The average molecular weight is 367 g/mol. The van der Waals surface area contributed by atoms with Gasteiger partial charge in [-0.3, -0.25) is 4.79 Å². The minimum Gasteiger partial charge on any atom is -0.385 e. The fourth-order valence-electron chi connectivity index (χ4n) is 3.70. The molecule has 1 fully saturated rings. The van der Waals surface area contributed by atoms with Gasteiger partial charge in [-0.1, -0.05) is 54.1 Å². The monoisotopic (exact) mass is 366 g/mol. The number of rotatable bonds is 6. The fraction of sp³-hybridized carbons (Fsp3) is 0.435. The smallest absolute Gasteiger partial charge is 0.224 e. The number of carbonyl (C=O) groups is 1. The summed E-state index contributed by atoms with van der Waals surface area (Å²) in [4.78, 5) is 14.5. The van der Waals surface area contributed by atoms with E-state index in [1.807, 2.05) is 43.3 Å². The number of hydrogen-bond donors (Lipinski definition) is 2. The molecule has 144 valence electrons. The number of aryl methyl sites for hydroxylation is 2. The van der Waals surface area contributed by atoms with E-state index in [4.69, 9.17) is 0 Å². The highest BCUT2D eigenvalue weighted by atomic mass is 16.3. The maximum atomic E-state index is 12.2. The lowest BCUT2D eigenvalue weighted by Gasteiger charge is -2.38. The van der Waals surface area contributed by atoms with Gasteiger partial charge in [0, 0.05) is 26.2 Å². The summed E-state index contributed by atoms with van der Waals surface area (Å²) in [6.45, 7) is 7.25. The van der Waals surface area contributed by atoms with Crippen molar-refractivity contribution in [1.82, 2.24) is 10.2 Å². The summed E-state index contributed by atoms with van der Waals surface area (Å²) >= 11 is 0. The minimum atomic E-state index is -0.724. The molecule has 4 nitrogen and oxygen atoms in total. The summed E-state index contributed by atoms with van der Waals surface area (Å²) in [5.74, 6) is 0.0671. The normalized spacial score (nSPS) is 16.9. The lowest BCUT2D eigenvalue weighted by Crippen LogP contribution is -2.45. The molecule has 0 radical (unpaired) electrons. The van der Waals surface area contributed by atoms with Crippen LogP contribution in [0.15, 0.2) is 48.5 Å². The van der Waals surface area contributed by atoms with Crippen molar-refractivity contribution in [3.63, 3.8) is 0 Å². The van der Waals surface area contributed by atoms with Crippen LogP contribution < -0.4 is 5.32 Å². The second-order valence-electron chi connectivity index (χ2n) is 7.69. The molecule has 2 aromatic rings. The van der Waals surface area contributed by atoms with Gasteiger partial charge in [-0.05, 0) is 43.4 Å². The first-order valence-corrected chi connectivity index (χ1v) is 9.79. The van der Waals surface area contributed by atoms with E-state index >= 15 is 0 Å². The molecule has 1 amide bonds. The number of carbonyl (C=O) groups excluding carboxylic acids is 1. The van der Waals surface area contributed by atoms with E-state index in [9.17, 15) is 9.90 Å². The highest BCUT2D eigenvalue weighted by Gasteiger charge is 2.33. The van der Waals surface area contributed by atoms with Gasteiger partial charge in [0.25, 0.3) is 0 Å². The fourth-order valence-corrected chi connectivity index (χ4v) is 3.70. The molecule has 27 heavy (non-hydrogen) atoms. The summed E-state index contributed by atoms with van der Waals surface area (Å²) in [6, 6.07) is 16.2. The molecule has 1 heterocycles. The van der Waals surface area contributed by atoms with Crippen molar-refractivity contribution in [2.24, 2.45) is 0 Å². The number of likely N-dealkylation sites (tertiary alicyclic amines) is 1. The Kier molecular flexibility index (Phi) is 6.30. The molecular formula is C23H30N2O2. The van der Waals surface area contributed by atoms with Crippen molar-refractivity contribution in [2.45, 2.75) is 38.7 Å².